The summed E-state index contributed by atoms with van der Waals surface area (Å²) >= 11 is 0. The molecule has 0 saturated heterocycles. The number of aromatic hydroxyl groups is 1. The number of aromatic nitrogens is 2. The average Bonchev–Trinajstić information content (AvgIpc) is 3.11. The fourth-order valence-electron chi connectivity index (χ4n) is 4.00. The Bertz CT molecular complexity index is 1060. The second kappa shape index (κ2) is 5.10. The molecule has 0 aliphatic heterocycles. The Kier molecular flexibility index (Phi) is 2.89. The van der Waals surface area contributed by atoms with Gasteiger partial charge in [-0.05, 0) is 72.7 Å². The summed E-state index contributed by atoms with van der Waals surface area (Å²) < 4.78 is 0. The summed E-state index contributed by atoms with van der Waals surface area (Å²) in [5.74, 6) is 0.300. The Hall–Kier alpha value is -2.81. The molecule has 0 fully saturated rings. The molecule has 5 rings (SSSR count). The van der Waals surface area contributed by atoms with Crippen molar-refractivity contribution in [3.63, 3.8) is 0 Å². The zero-order valence-electron chi connectivity index (χ0n) is 13.3. The number of H-pyrrole nitrogens is 1. The van der Waals surface area contributed by atoms with Gasteiger partial charge >= 0.3 is 0 Å². The molecular formula is C21H18N2O. The van der Waals surface area contributed by atoms with Gasteiger partial charge in [0, 0.05) is 22.7 Å². The Balaban J connectivity index is 1.89. The lowest BCUT2D eigenvalue weighted by atomic mass is 9.86. The van der Waals surface area contributed by atoms with Crippen molar-refractivity contribution in [3.8, 4) is 17.0 Å². The molecule has 0 saturated carbocycles. The number of hydrogen-bond donors (Lipinski definition) is 2. The highest BCUT2D eigenvalue weighted by Gasteiger charge is 2.19. The van der Waals surface area contributed by atoms with Crippen LogP contribution in [0.1, 0.15) is 24.0 Å². The Morgan fingerprint density at radius 3 is 2.50 bits per heavy atom. The van der Waals surface area contributed by atoms with Crippen molar-refractivity contribution >= 4 is 21.8 Å². The first kappa shape index (κ1) is 13.6. The minimum atomic E-state index is 0.300. The number of nitrogens with zero attached hydrogens (tertiary/aromatic N) is 1. The molecule has 2 aromatic heterocycles. The van der Waals surface area contributed by atoms with Crippen LogP contribution in [0.5, 0.6) is 5.75 Å². The first-order chi connectivity index (χ1) is 11.8. The number of aromatic amines is 1. The molecule has 0 unspecified atom stereocenters. The van der Waals surface area contributed by atoms with E-state index >= 15 is 0 Å². The monoisotopic (exact) mass is 314 g/mol. The molecule has 24 heavy (non-hydrogen) atoms. The summed E-state index contributed by atoms with van der Waals surface area (Å²) in [6.45, 7) is 0. The van der Waals surface area contributed by atoms with Crippen molar-refractivity contribution in [3.05, 3.63) is 59.8 Å². The van der Waals surface area contributed by atoms with E-state index in [1.54, 1.807) is 12.1 Å². The van der Waals surface area contributed by atoms with Crippen LogP contribution in [0.15, 0.2) is 48.7 Å². The molecule has 4 aromatic rings. The van der Waals surface area contributed by atoms with E-state index in [1.807, 2.05) is 18.3 Å². The number of phenolic OH excluding ortho intramolecular Hbond substituents is 1. The molecule has 3 heteroatoms. The van der Waals surface area contributed by atoms with Crippen LogP contribution in [0.4, 0.5) is 0 Å². The van der Waals surface area contributed by atoms with Gasteiger partial charge < -0.3 is 10.1 Å². The summed E-state index contributed by atoms with van der Waals surface area (Å²) in [4.78, 5) is 8.25. The lowest BCUT2D eigenvalue weighted by Gasteiger charge is -2.22. The highest BCUT2D eigenvalue weighted by atomic mass is 16.3. The number of benzene rings is 2. The third-order valence-electron chi connectivity index (χ3n) is 5.17. The molecule has 1 aliphatic rings. The molecule has 2 heterocycles. The van der Waals surface area contributed by atoms with Crippen molar-refractivity contribution in [2.75, 3.05) is 0 Å². The van der Waals surface area contributed by atoms with Gasteiger partial charge in [0.1, 0.15) is 5.75 Å². The van der Waals surface area contributed by atoms with Crippen molar-refractivity contribution in [2.24, 2.45) is 0 Å². The summed E-state index contributed by atoms with van der Waals surface area (Å²) in [5.41, 5.74) is 7.35. The van der Waals surface area contributed by atoms with Crippen LogP contribution >= 0.6 is 0 Å². The van der Waals surface area contributed by atoms with Gasteiger partial charge in [-0.3, -0.25) is 4.98 Å². The molecule has 2 aromatic carbocycles. The Labute approximate surface area is 140 Å². The predicted molar refractivity (Wildman–Crippen MR) is 97.3 cm³/mol. The van der Waals surface area contributed by atoms with Gasteiger partial charge in [-0.1, -0.05) is 12.1 Å². The third kappa shape index (κ3) is 1.94. The number of rotatable bonds is 1. The Morgan fingerprint density at radius 1 is 0.875 bits per heavy atom. The highest BCUT2D eigenvalue weighted by Crippen LogP contribution is 2.37. The molecule has 0 atom stereocenters. The van der Waals surface area contributed by atoms with Crippen molar-refractivity contribution in [2.45, 2.75) is 25.7 Å². The first-order valence-electron chi connectivity index (χ1n) is 8.52. The topological polar surface area (TPSA) is 48.9 Å². The van der Waals surface area contributed by atoms with E-state index in [1.165, 1.54) is 40.4 Å². The normalized spacial score (nSPS) is 14.2. The zero-order chi connectivity index (χ0) is 16.1. The molecule has 118 valence electrons. The molecule has 3 nitrogen and oxygen atoms in total. The second-order valence-corrected chi connectivity index (χ2v) is 6.58. The molecule has 1 aliphatic carbocycles. The van der Waals surface area contributed by atoms with Gasteiger partial charge in [0.15, 0.2) is 0 Å². The van der Waals surface area contributed by atoms with Crippen LogP contribution < -0.4 is 0 Å². The number of hydrogen-bond acceptors (Lipinski definition) is 2. The maximum absolute atomic E-state index is 9.61. The molecular weight excluding hydrogens is 296 g/mol. The van der Waals surface area contributed by atoms with Crippen molar-refractivity contribution in [1.29, 1.82) is 0 Å². The van der Waals surface area contributed by atoms with Crippen LogP contribution in [0.3, 0.4) is 0 Å². The van der Waals surface area contributed by atoms with Gasteiger partial charge in [-0.25, -0.2) is 0 Å². The van der Waals surface area contributed by atoms with E-state index in [4.69, 9.17) is 0 Å². The van der Waals surface area contributed by atoms with Crippen LogP contribution in [0.25, 0.3) is 33.1 Å². The molecule has 0 radical (unpaired) electrons. The van der Waals surface area contributed by atoms with Crippen LogP contribution in [-0.2, 0) is 12.8 Å². The number of fused-ring (bicyclic) bond motifs is 5. The maximum Gasteiger partial charge on any atom is 0.115 e. The largest absolute Gasteiger partial charge is 0.508 e. The maximum atomic E-state index is 9.61. The van der Waals surface area contributed by atoms with Gasteiger partial charge in [0.2, 0.25) is 0 Å². The first-order valence-corrected chi connectivity index (χ1v) is 8.52. The minimum Gasteiger partial charge on any atom is -0.508 e. The summed E-state index contributed by atoms with van der Waals surface area (Å²) in [6.07, 6.45) is 6.57. The van der Waals surface area contributed by atoms with E-state index in [0.717, 1.165) is 29.4 Å². The van der Waals surface area contributed by atoms with Gasteiger partial charge in [-0.15, -0.1) is 0 Å². The standard InChI is InChI=1S/C21H18N2O/c24-15-8-5-13(6-9-15)19-17-4-2-1-3-16(17)18-10-7-14-11-12-22-20(14)21(18)23-19/h5-12,23-24H,1-4H2. The van der Waals surface area contributed by atoms with E-state index in [-0.39, 0.29) is 0 Å². The van der Waals surface area contributed by atoms with Crippen LogP contribution in [0, 0.1) is 0 Å². The predicted octanol–water partition coefficient (Wildman–Crippen LogP) is 4.97. The molecule has 0 bridgehead atoms. The quantitative estimate of drug-likeness (QED) is 0.521. The van der Waals surface area contributed by atoms with Crippen molar-refractivity contribution in [1.82, 2.24) is 9.97 Å². The zero-order valence-corrected chi connectivity index (χ0v) is 13.3. The SMILES string of the molecule is Oc1ccc(-c2[nH]c3c(ccc4ccnc43)c3c2CCCC3)cc1. The molecule has 0 spiro atoms. The fourth-order valence-corrected chi connectivity index (χ4v) is 4.00. The second-order valence-electron chi connectivity index (χ2n) is 6.58. The van der Waals surface area contributed by atoms with Crippen LogP contribution in [0.2, 0.25) is 0 Å². The van der Waals surface area contributed by atoms with E-state index in [0.29, 0.717) is 5.75 Å². The summed E-state index contributed by atoms with van der Waals surface area (Å²) in [5, 5.41) is 12.1. The van der Waals surface area contributed by atoms with Gasteiger partial charge in [-0.2, -0.15) is 0 Å². The van der Waals surface area contributed by atoms with Gasteiger partial charge in [0.25, 0.3) is 0 Å². The minimum absolute atomic E-state index is 0.300. The lowest BCUT2D eigenvalue weighted by Crippen LogP contribution is -2.07. The Morgan fingerprint density at radius 2 is 1.67 bits per heavy atom. The number of phenols is 1. The number of pyridine rings is 1. The summed E-state index contributed by atoms with van der Waals surface area (Å²) in [6, 6.07) is 13.9. The van der Waals surface area contributed by atoms with E-state index in [9.17, 15) is 5.11 Å². The van der Waals surface area contributed by atoms with E-state index < -0.39 is 0 Å². The number of nitrogens with one attached hydrogen (secondary N) is 1. The smallest absolute Gasteiger partial charge is 0.115 e. The fraction of sp³-hybridized carbons (Fsp3) is 0.190. The lowest BCUT2D eigenvalue weighted by molar-refractivity contribution is 0.475. The number of aryl methyl sites for hydroxylation is 1. The third-order valence-corrected chi connectivity index (χ3v) is 5.17. The van der Waals surface area contributed by atoms with E-state index in [2.05, 4.69) is 28.2 Å². The van der Waals surface area contributed by atoms with Crippen LogP contribution in [-0.4, -0.2) is 15.1 Å². The van der Waals surface area contributed by atoms with Gasteiger partial charge in [0.05, 0.1) is 11.0 Å². The molecule has 0 amide bonds. The average molecular weight is 314 g/mol. The highest BCUT2D eigenvalue weighted by molar-refractivity contribution is 6.05. The molecule has 2 N–H and O–H groups in total. The summed E-state index contributed by atoms with van der Waals surface area (Å²) in [7, 11) is 0. The van der Waals surface area contributed by atoms with Crippen molar-refractivity contribution < 1.29 is 5.11 Å².